The molecule has 1 aliphatic rings. The molecule has 10 heavy (non-hydrogen) atoms. The van der Waals surface area contributed by atoms with Crippen molar-refractivity contribution in [2.45, 2.75) is 19.3 Å². The van der Waals surface area contributed by atoms with E-state index in [4.69, 9.17) is 0 Å². The van der Waals surface area contributed by atoms with Crippen molar-refractivity contribution in [2.24, 2.45) is 5.92 Å². The number of alkyl halides is 2. The van der Waals surface area contributed by atoms with Gasteiger partial charge in [-0.05, 0) is 0 Å². The molecule has 4 heteroatoms. The van der Waals surface area contributed by atoms with Gasteiger partial charge in [0.05, 0.1) is 0 Å². The average molecular weight is 172 g/mol. The summed E-state index contributed by atoms with van der Waals surface area (Å²) in [5, 5.41) is 1.69. The van der Waals surface area contributed by atoms with Crippen LogP contribution < -0.4 is 17.7 Å². The van der Waals surface area contributed by atoms with Gasteiger partial charge in [0.25, 0.3) is 0 Å². The minimum atomic E-state index is -0.950. The van der Waals surface area contributed by atoms with Crippen molar-refractivity contribution >= 4 is 0 Å². The molecule has 0 radical (unpaired) electrons. The maximum atomic E-state index is 12.6. The molecule has 1 aliphatic heterocycles. The molecule has 0 aromatic rings. The summed E-state index contributed by atoms with van der Waals surface area (Å²) in [6.07, 6.45) is -1.90. The van der Waals surface area contributed by atoms with E-state index in [0.717, 1.165) is 0 Å². The Hall–Kier alpha value is 0.110. The fraction of sp³-hybridized carbons (Fsp3) is 1.00. The normalized spacial score (nSPS) is 40.5. The summed E-state index contributed by atoms with van der Waals surface area (Å²) in [7, 11) is 0. The Morgan fingerprint density at radius 1 is 1.20 bits per heavy atom. The third kappa shape index (κ3) is 2.06. The highest BCUT2D eigenvalue weighted by molar-refractivity contribution is 4.74. The van der Waals surface area contributed by atoms with E-state index >= 15 is 0 Å². The molecular formula is C6H12ClF2N. The molecule has 0 bridgehead atoms. The number of rotatable bonds is 0. The van der Waals surface area contributed by atoms with Crippen LogP contribution in [0.5, 0.6) is 0 Å². The summed E-state index contributed by atoms with van der Waals surface area (Å²) in [6, 6.07) is 0. The van der Waals surface area contributed by atoms with Gasteiger partial charge in [-0.25, -0.2) is 8.78 Å². The molecule has 1 fully saturated rings. The lowest BCUT2D eigenvalue weighted by Crippen LogP contribution is -3.00. The maximum absolute atomic E-state index is 12.6. The average Bonchev–Trinajstić information content (AvgIpc) is 1.83. The van der Waals surface area contributed by atoms with Crippen LogP contribution in [0, 0.1) is 5.92 Å². The first-order valence-electron chi connectivity index (χ1n) is 3.31. The van der Waals surface area contributed by atoms with E-state index in [-0.39, 0.29) is 12.4 Å². The Kier molecular flexibility index (Phi) is 4.13. The fourth-order valence-corrected chi connectivity index (χ4v) is 1.07. The van der Waals surface area contributed by atoms with Gasteiger partial charge in [-0.2, -0.15) is 0 Å². The van der Waals surface area contributed by atoms with E-state index in [1.807, 2.05) is 0 Å². The van der Waals surface area contributed by atoms with E-state index in [2.05, 4.69) is 0 Å². The molecule has 0 aliphatic carbocycles. The van der Waals surface area contributed by atoms with Crippen molar-refractivity contribution in [2.75, 3.05) is 13.1 Å². The molecule has 1 heterocycles. The smallest absolute Gasteiger partial charge is 0.154 e. The predicted octanol–water partition coefficient (Wildman–Crippen LogP) is -3.12. The van der Waals surface area contributed by atoms with Gasteiger partial charge in [-0.15, -0.1) is 0 Å². The van der Waals surface area contributed by atoms with Crippen LogP contribution in [0.1, 0.15) is 6.92 Å². The second-order valence-electron chi connectivity index (χ2n) is 2.65. The third-order valence-electron chi connectivity index (χ3n) is 1.92. The van der Waals surface area contributed by atoms with Gasteiger partial charge in [0, 0.05) is 5.92 Å². The first kappa shape index (κ1) is 10.1. The van der Waals surface area contributed by atoms with E-state index in [0.29, 0.717) is 13.1 Å². The van der Waals surface area contributed by atoms with E-state index in [1.54, 1.807) is 12.2 Å². The summed E-state index contributed by atoms with van der Waals surface area (Å²) < 4.78 is 25.1. The van der Waals surface area contributed by atoms with Crippen LogP contribution in [-0.4, -0.2) is 25.4 Å². The highest BCUT2D eigenvalue weighted by Crippen LogP contribution is 2.14. The minimum Gasteiger partial charge on any atom is -1.00 e. The van der Waals surface area contributed by atoms with Crippen LogP contribution in [0.3, 0.4) is 0 Å². The number of hydrogen-bond donors (Lipinski definition) is 1. The number of piperidine rings is 1. The molecule has 2 unspecified atom stereocenters. The quantitative estimate of drug-likeness (QED) is 0.397. The Morgan fingerprint density at radius 2 is 1.60 bits per heavy atom. The largest absolute Gasteiger partial charge is 1.00 e. The molecule has 1 saturated heterocycles. The lowest BCUT2D eigenvalue weighted by Gasteiger charge is -2.23. The van der Waals surface area contributed by atoms with Gasteiger partial charge >= 0.3 is 0 Å². The van der Waals surface area contributed by atoms with Crippen molar-refractivity contribution in [3.05, 3.63) is 0 Å². The van der Waals surface area contributed by atoms with E-state index < -0.39 is 18.3 Å². The van der Waals surface area contributed by atoms with E-state index in [1.165, 1.54) is 0 Å². The third-order valence-corrected chi connectivity index (χ3v) is 1.92. The Morgan fingerprint density at radius 3 is 1.90 bits per heavy atom. The molecule has 0 aromatic heterocycles. The van der Waals surface area contributed by atoms with Crippen LogP contribution >= 0.6 is 0 Å². The standard InChI is InChI=1S/C6H11F2N.ClH/c1-4-5(7)2-9-3-6(4)8;/h4-6,9H,2-3H2,1H3;1H. The zero-order valence-electron chi connectivity index (χ0n) is 5.86. The molecule has 1 nitrogen and oxygen atoms in total. The highest BCUT2D eigenvalue weighted by Gasteiger charge is 2.32. The molecule has 0 spiro atoms. The SMILES string of the molecule is CC1C(F)C[NH2+]CC1F.[Cl-]. The Labute approximate surface area is 65.6 Å². The molecule has 1 rings (SSSR count). The topological polar surface area (TPSA) is 16.6 Å². The second-order valence-corrected chi connectivity index (χ2v) is 2.65. The second kappa shape index (κ2) is 4.09. The van der Waals surface area contributed by atoms with Crippen LogP contribution in [0.25, 0.3) is 0 Å². The minimum absolute atomic E-state index is 0. The first-order valence-corrected chi connectivity index (χ1v) is 3.31. The number of nitrogens with two attached hydrogens (primary N) is 1. The summed E-state index contributed by atoms with van der Waals surface area (Å²) in [5.41, 5.74) is 0. The van der Waals surface area contributed by atoms with Gasteiger partial charge in [0.15, 0.2) is 12.3 Å². The number of quaternary nitrogens is 1. The molecule has 0 saturated carbocycles. The molecule has 0 amide bonds. The van der Waals surface area contributed by atoms with Crippen molar-refractivity contribution in [3.63, 3.8) is 0 Å². The first-order chi connectivity index (χ1) is 4.22. The van der Waals surface area contributed by atoms with Gasteiger partial charge in [-0.1, -0.05) is 6.92 Å². The monoisotopic (exact) mass is 171 g/mol. The van der Waals surface area contributed by atoms with Crippen LogP contribution in [0.4, 0.5) is 8.78 Å². The zero-order valence-corrected chi connectivity index (χ0v) is 6.61. The van der Waals surface area contributed by atoms with Gasteiger partial charge in [0.2, 0.25) is 0 Å². The van der Waals surface area contributed by atoms with Gasteiger partial charge in [-0.3, -0.25) is 0 Å². The summed E-state index contributed by atoms with van der Waals surface area (Å²) in [4.78, 5) is 0. The van der Waals surface area contributed by atoms with Crippen LogP contribution in [0.15, 0.2) is 0 Å². The number of halogens is 3. The highest BCUT2D eigenvalue weighted by atomic mass is 35.5. The summed E-state index contributed by atoms with van der Waals surface area (Å²) >= 11 is 0. The van der Waals surface area contributed by atoms with Crippen LogP contribution in [-0.2, 0) is 0 Å². The van der Waals surface area contributed by atoms with Gasteiger partial charge < -0.3 is 17.7 Å². The van der Waals surface area contributed by atoms with Crippen molar-refractivity contribution in [3.8, 4) is 0 Å². The summed E-state index contributed by atoms with van der Waals surface area (Å²) in [6.45, 7) is 2.49. The Balaban J connectivity index is 0.000000810. The van der Waals surface area contributed by atoms with Crippen molar-refractivity contribution in [1.82, 2.24) is 0 Å². The maximum Gasteiger partial charge on any atom is 0.154 e. The molecule has 2 N–H and O–H groups in total. The van der Waals surface area contributed by atoms with E-state index in [9.17, 15) is 8.78 Å². The fourth-order valence-electron chi connectivity index (χ4n) is 1.07. The lowest BCUT2D eigenvalue weighted by molar-refractivity contribution is -0.675. The Bertz CT molecular complexity index is 91.7. The van der Waals surface area contributed by atoms with Crippen molar-refractivity contribution in [1.29, 1.82) is 0 Å². The van der Waals surface area contributed by atoms with Gasteiger partial charge in [0.1, 0.15) is 13.1 Å². The summed E-state index contributed by atoms with van der Waals surface area (Å²) in [5.74, 6) is -0.394. The predicted molar refractivity (Wildman–Crippen MR) is 30.6 cm³/mol. The lowest BCUT2D eigenvalue weighted by atomic mass is 9.97. The molecule has 62 valence electrons. The number of hydrogen-bond acceptors (Lipinski definition) is 0. The zero-order chi connectivity index (χ0) is 6.85. The molecule has 0 aromatic carbocycles. The molecular weight excluding hydrogens is 160 g/mol. The molecule has 2 atom stereocenters. The van der Waals surface area contributed by atoms with Crippen LogP contribution in [0.2, 0.25) is 0 Å². The van der Waals surface area contributed by atoms with Crippen molar-refractivity contribution < 1.29 is 26.5 Å².